The smallest absolute Gasteiger partial charge is 0.387 e. The van der Waals surface area contributed by atoms with Crippen LogP contribution >= 0.6 is 0 Å². The van der Waals surface area contributed by atoms with Crippen molar-refractivity contribution in [1.29, 1.82) is 0 Å². The van der Waals surface area contributed by atoms with Crippen molar-refractivity contribution in [1.82, 2.24) is 15.3 Å². The fourth-order valence-corrected chi connectivity index (χ4v) is 3.63. The second kappa shape index (κ2) is 10.9. The quantitative estimate of drug-likeness (QED) is 0.522. The van der Waals surface area contributed by atoms with Crippen molar-refractivity contribution in [3.05, 3.63) is 66.0 Å². The van der Waals surface area contributed by atoms with Crippen LogP contribution in [-0.4, -0.2) is 55.8 Å². The Bertz CT molecular complexity index is 1120. The second-order valence-corrected chi connectivity index (χ2v) is 7.59. The highest BCUT2D eigenvalue weighted by molar-refractivity contribution is 6.00. The minimum absolute atomic E-state index is 0.0760. The van der Waals surface area contributed by atoms with Crippen LogP contribution in [0, 0.1) is 0 Å². The number of rotatable bonds is 8. The van der Waals surface area contributed by atoms with Gasteiger partial charge >= 0.3 is 6.61 Å². The summed E-state index contributed by atoms with van der Waals surface area (Å²) >= 11 is 0. The lowest BCUT2D eigenvalue weighted by Gasteiger charge is -2.26. The molecule has 0 spiro atoms. The molecule has 0 unspecified atom stereocenters. The van der Waals surface area contributed by atoms with E-state index in [2.05, 4.69) is 30.2 Å². The number of hydrogen-bond donors (Lipinski definition) is 2. The largest absolute Gasteiger partial charge is 0.435 e. The van der Waals surface area contributed by atoms with Gasteiger partial charge in [-0.15, -0.1) is 0 Å². The van der Waals surface area contributed by atoms with Crippen molar-refractivity contribution in [2.45, 2.75) is 13.2 Å². The molecule has 0 aliphatic carbocycles. The summed E-state index contributed by atoms with van der Waals surface area (Å²) in [5, 5.41) is 5.86. The zero-order chi connectivity index (χ0) is 23.9. The van der Waals surface area contributed by atoms with Crippen molar-refractivity contribution in [2.24, 2.45) is 0 Å². The fourth-order valence-electron chi connectivity index (χ4n) is 3.63. The Morgan fingerprint density at radius 2 is 1.88 bits per heavy atom. The molecule has 10 heteroatoms. The number of amides is 1. The molecular weight excluding hydrogens is 444 g/mol. The average Bonchev–Trinajstić information content (AvgIpc) is 2.87. The van der Waals surface area contributed by atoms with E-state index in [1.165, 1.54) is 12.1 Å². The van der Waals surface area contributed by atoms with Crippen LogP contribution in [0.3, 0.4) is 0 Å². The monoisotopic (exact) mass is 469 g/mol. The van der Waals surface area contributed by atoms with Gasteiger partial charge in [0.15, 0.2) is 0 Å². The van der Waals surface area contributed by atoms with Crippen molar-refractivity contribution in [3.8, 4) is 16.9 Å². The highest BCUT2D eigenvalue weighted by atomic mass is 19.3. The first-order valence-electron chi connectivity index (χ1n) is 10.8. The Morgan fingerprint density at radius 3 is 2.59 bits per heavy atom. The molecule has 2 aromatic carbocycles. The molecule has 4 rings (SSSR count). The van der Waals surface area contributed by atoms with Gasteiger partial charge < -0.3 is 25.0 Å². The first-order valence-corrected chi connectivity index (χ1v) is 10.8. The van der Waals surface area contributed by atoms with Crippen LogP contribution in [0.5, 0.6) is 5.75 Å². The number of hydrogen-bond acceptors (Lipinski definition) is 7. The standard InChI is InChI=1S/C24H25F2N5O3/c1-27-22(32)20-6-5-17(18-14-29-24(30-15-18)31-7-9-33-10-8-31)12-21(20)28-13-16-3-2-4-19(11-16)34-23(25)26/h2-6,11-12,14-15,23,28H,7-10,13H2,1H3,(H,27,32). The molecule has 34 heavy (non-hydrogen) atoms. The van der Waals surface area contributed by atoms with Crippen LogP contribution in [0.25, 0.3) is 11.1 Å². The highest BCUT2D eigenvalue weighted by Crippen LogP contribution is 2.27. The van der Waals surface area contributed by atoms with Crippen LogP contribution in [0.4, 0.5) is 20.4 Å². The molecular formula is C24H25F2N5O3. The van der Waals surface area contributed by atoms with Crippen molar-refractivity contribution in [2.75, 3.05) is 43.6 Å². The van der Waals surface area contributed by atoms with Gasteiger partial charge in [-0.05, 0) is 35.4 Å². The first-order chi connectivity index (χ1) is 16.5. The molecule has 1 saturated heterocycles. The summed E-state index contributed by atoms with van der Waals surface area (Å²) in [4.78, 5) is 23.5. The van der Waals surface area contributed by atoms with Gasteiger partial charge in [0.05, 0.1) is 18.8 Å². The molecule has 8 nitrogen and oxygen atoms in total. The molecule has 0 atom stereocenters. The van der Waals surface area contributed by atoms with Crippen LogP contribution in [0.1, 0.15) is 15.9 Å². The molecule has 2 N–H and O–H groups in total. The third-order valence-corrected chi connectivity index (χ3v) is 5.36. The molecule has 178 valence electrons. The van der Waals surface area contributed by atoms with Crippen LogP contribution in [-0.2, 0) is 11.3 Å². The number of halogens is 2. The number of nitrogens with one attached hydrogen (secondary N) is 2. The van der Waals surface area contributed by atoms with Crippen molar-refractivity contribution < 1.29 is 23.0 Å². The van der Waals surface area contributed by atoms with Gasteiger partial charge in [-0.2, -0.15) is 8.78 Å². The van der Waals surface area contributed by atoms with E-state index in [-0.39, 0.29) is 11.7 Å². The second-order valence-electron chi connectivity index (χ2n) is 7.59. The number of carbonyl (C=O) groups excluding carboxylic acids is 1. The lowest BCUT2D eigenvalue weighted by atomic mass is 10.0. The number of nitrogens with zero attached hydrogens (tertiary/aromatic N) is 3. The van der Waals surface area contributed by atoms with Crippen LogP contribution in [0.2, 0.25) is 0 Å². The maximum atomic E-state index is 12.5. The highest BCUT2D eigenvalue weighted by Gasteiger charge is 2.15. The number of alkyl halides is 2. The number of carbonyl (C=O) groups is 1. The molecule has 2 heterocycles. The van der Waals surface area contributed by atoms with Gasteiger partial charge in [0.25, 0.3) is 5.91 Å². The lowest BCUT2D eigenvalue weighted by Crippen LogP contribution is -2.37. The van der Waals surface area contributed by atoms with Gasteiger partial charge in [-0.25, -0.2) is 9.97 Å². The Balaban J connectivity index is 1.55. The van der Waals surface area contributed by atoms with Gasteiger partial charge in [0.1, 0.15) is 5.75 Å². The summed E-state index contributed by atoms with van der Waals surface area (Å²) < 4.78 is 34.9. The molecule has 1 fully saturated rings. The Hall–Kier alpha value is -3.79. The summed E-state index contributed by atoms with van der Waals surface area (Å²) in [7, 11) is 1.56. The van der Waals surface area contributed by atoms with E-state index in [9.17, 15) is 13.6 Å². The lowest BCUT2D eigenvalue weighted by molar-refractivity contribution is -0.0498. The molecule has 0 saturated carbocycles. The minimum Gasteiger partial charge on any atom is -0.435 e. The summed E-state index contributed by atoms with van der Waals surface area (Å²) in [5.74, 6) is 0.480. The molecule has 1 amide bonds. The van der Waals surface area contributed by atoms with E-state index >= 15 is 0 Å². The summed E-state index contributed by atoms with van der Waals surface area (Å²) in [5.41, 5.74) is 3.41. The van der Waals surface area contributed by atoms with E-state index in [1.807, 2.05) is 12.1 Å². The molecule has 1 aliphatic rings. The maximum Gasteiger partial charge on any atom is 0.387 e. The van der Waals surface area contributed by atoms with Crippen molar-refractivity contribution in [3.63, 3.8) is 0 Å². The van der Waals surface area contributed by atoms with Gasteiger partial charge in [0.2, 0.25) is 5.95 Å². The van der Waals surface area contributed by atoms with Gasteiger partial charge in [-0.3, -0.25) is 4.79 Å². The number of morpholine rings is 1. The molecule has 0 bridgehead atoms. The summed E-state index contributed by atoms with van der Waals surface area (Å²) in [6.07, 6.45) is 3.50. The van der Waals surface area contributed by atoms with Gasteiger partial charge in [-0.1, -0.05) is 18.2 Å². The molecule has 1 aliphatic heterocycles. The number of anilines is 2. The predicted molar refractivity (Wildman–Crippen MR) is 124 cm³/mol. The van der Waals surface area contributed by atoms with Crippen LogP contribution in [0.15, 0.2) is 54.9 Å². The fraction of sp³-hybridized carbons (Fsp3) is 0.292. The summed E-state index contributed by atoms with van der Waals surface area (Å²) in [6, 6.07) is 11.8. The maximum absolute atomic E-state index is 12.5. The zero-order valence-corrected chi connectivity index (χ0v) is 18.6. The zero-order valence-electron chi connectivity index (χ0n) is 18.6. The molecule has 1 aromatic heterocycles. The number of benzene rings is 2. The third kappa shape index (κ3) is 5.76. The van der Waals surface area contributed by atoms with E-state index in [1.54, 1.807) is 37.6 Å². The number of ether oxygens (including phenoxy) is 2. The molecule has 3 aromatic rings. The van der Waals surface area contributed by atoms with E-state index < -0.39 is 6.61 Å². The normalized spacial score (nSPS) is 13.6. The topological polar surface area (TPSA) is 88.6 Å². The Labute approximate surface area is 195 Å². The summed E-state index contributed by atoms with van der Waals surface area (Å²) in [6.45, 7) is 0.212. The third-order valence-electron chi connectivity index (χ3n) is 5.36. The van der Waals surface area contributed by atoms with E-state index in [0.29, 0.717) is 37.0 Å². The average molecular weight is 469 g/mol. The Kier molecular flexibility index (Phi) is 7.48. The van der Waals surface area contributed by atoms with Crippen LogP contribution < -0.4 is 20.3 Å². The predicted octanol–water partition coefficient (Wildman–Crippen LogP) is 3.55. The van der Waals surface area contributed by atoms with Crippen molar-refractivity contribution >= 4 is 17.5 Å². The SMILES string of the molecule is CNC(=O)c1ccc(-c2cnc(N3CCOCC3)nc2)cc1NCc1cccc(OC(F)F)c1. The van der Waals surface area contributed by atoms with E-state index in [0.717, 1.165) is 29.8 Å². The minimum atomic E-state index is -2.89. The van der Waals surface area contributed by atoms with E-state index in [4.69, 9.17) is 4.74 Å². The Morgan fingerprint density at radius 1 is 1.12 bits per heavy atom. The molecule has 0 radical (unpaired) electrons. The number of aromatic nitrogens is 2. The van der Waals surface area contributed by atoms with Gasteiger partial charge in [0, 0.05) is 50.3 Å². The first kappa shape index (κ1) is 23.4.